The van der Waals surface area contributed by atoms with Gasteiger partial charge in [-0.2, -0.15) is 0 Å². The van der Waals surface area contributed by atoms with E-state index in [-0.39, 0.29) is 17.2 Å². The van der Waals surface area contributed by atoms with Gasteiger partial charge in [-0.1, -0.05) is 19.3 Å². The summed E-state index contributed by atoms with van der Waals surface area (Å²) in [6, 6.07) is 3.88. The van der Waals surface area contributed by atoms with Gasteiger partial charge in [0.1, 0.15) is 0 Å². The fraction of sp³-hybridized carbons (Fsp3) is 0.684. The first-order valence-corrected chi connectivity index (χ1v) is 10.2. The number of rotatable bonds is 4. The Morgan fingerprint density at radius 3 is 2.28 bits per heavy atom. The minimum absolute atomic E-state index is 0.0107. The molecule has 3 rings (SSSR count). The second-order valence-electron chi connectivity index (χ2n) is 7.52. The molecule has 5 nitrogen and oxygen atoms in total. The quantitative estimate of drug-likeness (QED) is 0.894. The third kappa shape index (κ3) is 4.23. The first-order valence-electron chi connectivity index (χ1n) is 9.37. The highest BCUT2D eigenvalue weighted by Gasteiger charge is 2.35. The van der Waals surface area contributed by atoms with Crippen LogP contribution in [0.25, 0.3) is 0 Å². The van der Waals surface area contributed by atoms with Crippen molar-refractivity contribution >= 4 is 23.2 Å². The van der Waals surface area contributed by atoms with Gasteiger partial charge in [-0.25, -0.2) is 0 Å². The molecule has 6 heteroatoms. The van der Waals surface area contributed by atoms with Gasteiger partial charge in [0.25, 0.3) is 5.91 Å². The normalized spacial score (nSPS) is 20.6. The number of thiophene rings is 1. The molecule has 25 heavy (non-hydrogen) atoms. The summed E-state index contributed by atoms with van der Waals surface area (Å²) < 4.78 is 0. The molecule has 0 radical (unpaired) electrons. The number of carbonyl (C=O) groups excluding carboxylic acids is 2. The molecule has 0 unspecified atom stereocenters. The first kappa shape index (κ1) is 18.4. The maximum absolute atomic E-state index is 12.7. The van der Waals surface area contributed by atoms with Gasteiger partial charge < -0.3 is 15.5 Å². The highest BCUT2D eigenvalue weighted by molar-refractivity contribution is 7.13. The average Bonchev–Trinajstić information content (AvgIpc) is 3.08. The lowest BCUT2D eigenvalue weighted by Crippen LogP contribution is -2.51. The van der Waals surface area contributed by atoms with E-state index in [1.807, 2.05) is 28.9 Å². The van der Waals surface area contributed by atoms with Gasteiger partial charge in [0.2, 0.25) is 5.91 Å². The van der Waals surface area contributed by atoms with Crippen molar-refractivity contribution in [2.45, 2.75) is 45.4 Å². The molecule has 0 aromatic carbocycles. The minimum Gasteiger partial charge on any atom is -0.339 e. The van der Waals surface area contributed by atoms with Crippen molar-refractivity contribution in [1.29, 1.82) is 0 Å². The van der Waals surface area contributed by atoms with Crippen LogP contribution in [0.1, 0.15) is 53.1 Å². The number of nitrogens with two attached hydrogens (primary N) is 1. The summed E-state index contributed by atoms with van der Waals surface area (Å²) in [5, 5.41) is 0. The van der Waals surface area contributed by atoms with Crippen molar-refractivity contribution in [3.05, 3.63) is 21.9 Å². The van der Waals surface area contributed by atoms with Crippen molar-refractivity contribution in [1.82, 2.24) is 9.80 Å². The molecule has 1 saturated heterocycles. The molecule has 138 valence electrons. The van der Waals surface area contributed by atoms with Gasteiger partial charge in [0.05, 0.1) is 4.88 Å². The van der Waals surface area contributed by atoms with Crippen molar-refractivity contribution in [3.63, 3.8) is 0 Å². The van der Waals surface area contributed by atoms with E-state index >= 15 is 0 Å². The largest absolute Gasteiger partial charge is 0.339 e. The lowest BCUT2D eigenvalue weighted by molar-refractivity contribution is -0.135. The van der Waals surface area contributed by atoms with E-state index < -0.39 is 0 Å². The molecule has 0 atom stereocenters. The Morgan fingerprint density at radius 2 is 1.72 bits per heavy atom. The predicted molar refractivity (Wildman–Crippen MR) is 101 cm³/mol. The van der Waals surface area contributed by atoms with Gasteiger partial charge in [-0.15, -0.1) is 11.3 Å². The van der Waals surface area contributed by atoms with Crippen LogP contribution in [0.15, 0.2) is 12.1 Å². The topological polar surface area (TPSA) is 66.6 Å². The van der Waals surface area contributed by atoms with E-state index in [1.165, 1.54) is 30.6 Å². The zero-order valence-corrected chi connectivity index (χ0v) is 15.9. The minimum atomic E-state index is 0.0107. The van der Waals surface area contributed by atoms with E-state index in [9.17, 15) is 9.59 Å². The van der Waals surface area contributed by atoms with Gasteiger partial charge in [-0.05, 0) is 43.9 Å². The summed E-state index contributed by atoms with van der Waals surface area (Å²) in [4.78, 5) is 31.0. The molecule has 1 aromatic heterocycles. The number of hydrogen-bond acceptors (Lipinski definition) is 4. The second-order valence-corrected chi connectivity index (χ2v) is 8.81. The smallest absolute Gasteiger partial charge is 0.264 e. The Hall–Kier alpha value is -1.40. The van der Waals surface area contributed by atoms with Crippen LogP contribution in [0.4, 0.5) is 0 Å². The summed E-state index contributed by atoms with van der Waals surface area (Å²) >= 11 is 1.54. The van der Waals surface area contributed by atoms with Crippen molar-refractivity contribution < 1.29 is 9.59 Å². The Bertz CT molecular complexity index is 614. The number of carbonyl (C=O) groups is 2. The van der Waals surface area contributed by atoms with E-state index in [4.69, 9.17) is 5.73 Å². The Morgan fingerprint density at radius 1 is 1.08 bits per heavy atom. The summed E-state index contributed by atoms with van der Waals surface area (Å²) in [7, 11) is 0. The number of aryl methyl sites for hydroxylation is 1. The molecular formula is C19H29N3O2S. The second kappa shape index (κ2) is 7.87. The Kier molecular flexibility index (Phi) is 5.79. The average molecular weight is 364 g/mol. The number of nitrogens with zero attached hydrogens (tertiary/aromatic N) is 2. The van der Waals surface area contributed by atoms with Crippen molar-refractivity contribution in [2.24, 2.45) is 11.1 Å². The lowest BCUT2D eigenvalue weighted by atomic mass is 9.71. The van der Waals surface area contributed by atoms with Crippen LogP contribution in [0.5, 0.6) is 0 Å². The zero-order valence-electron chi connectivity index (χ0n) is 15.1. The SMILES string of the molecule is Cc1ccc(C(=O)N2CCN(C(=O)CC3(CN)CCCCC3)CC2)s1. The maximum Gasteiger partial charge on any atom is 0.264 e. The Labute approximate surface area is 154 Å². The van der Waals surface area contributed by atoms with Crippen LogP contribution in [0, 0.1) is 12.3 Å². The highest BCUT2D eigenvalue weighted by atomic mass is 32.1. The molecule has 1 saturated carbocycles. The summed E-state index contributed by atoms with van der Waals surface area (Å²) in [6.45, 7) is 5.13. The molecule has 1 aliphatic heterocycles. The van der Waals surface area contributed by atoms with E-state index in [1.54, 1.807) is 0 Å². The van der Waals surface area contributed by atoms with Crippen LogP contribution in [-0.4, -0.2) is 54.3 Å². The summed E-state index contributed by atoms with van der Waals surface area (Å²) in [6.07, 6.45) is 6.36. The van der Waals surface area contributed by atoms with Crippen LogP contribution in [0.2, 0.25) is 0 Å². The van der Waals surface area contributed by atoms with Crippen LogP contribution in [-0.2, 0) is 4.79 Å². The highest BCUT2D eigenvalue weighted by Crippen LogP contribution is 2.38. The third-order valence-electron chi connectivity index (χ3n) is 5.74. The first-order chi connectivity index (χ1) is 12.0. The number of piperazine rings is 1. The molecule has 1 aromatic rings. The summed E-state index contributed by atoms with van der Waals surface area (Å²) in [5.41, 5.74) is 6.03. The van der Waals surface area contributed by atoms with Gasteiger partial charge in [0.15, 0.2) is 0 Å². The maximum atomic E-state index is 12.7. The Balaban J connectivity index is 1.53. The third-order valence-corrected chi connectivity index (χ3v) is 6.73. The van der Waals surface area contributed by atoms with Gasteiger partial charge >= 0.3 is 0 Å². The monoisotopic (exact) mass is 363 g/mol. The number of amides is 2. The molecular weight excluding hydrogens is 334 g/mol. The molecule has 2 amide bonds. The van der Waals surface area contributed by atoms with Crippen LogP contribution < -0.4 is 5.73 Å². The van der Waals surface area contributed by atoms with Crippen molar-refractivity contribution in [3.8, 4) is 0 Å². The fourth-order valence-corrected chi connectivity index (χ4v) is 4.89. The molecule has 0 bridgehead atoms. The van der Waals surface area contributed by atoms with E-state index in [2.05, 4.69) is 0 Å². The molecule has 2 aliphatic rings. The molecule has 2 N–H and O–H groups in total. The molecule has 1 aliphatic carbocycles. The van der Waals surface area contributed by atoms with E-state index in [0.29, 0.717) is 39.1 Å². The number of hydrogen-bond donors (Lipinski definition) is 1. The van der Waals surface area contributed by atoms with Crippen LogP contribution in [0.3, 0.4) is 0 Å². The van der Waals surface area contributed by atoms with Crippen molar-refractivity contribution in [2.75, 3.05) is 32.7 Å². The lowest BCUT2D eigenvalue weighted by Gasteiger charge is -2.39. The zero-order chi connectivity index (χ0) is 17.9. The molecule has 2 heterocycles. The standard InChI is InChI=1S/C19H29N3O2S/c1-15-5-6-16(25-15)18(24)22-11-9-21(10-12-22)17(23)13-19(14-20)7-3-2-4-8-19/h5-6H,2-4,7-14,20H2,1H3. The molecule has 0 spiro atoms. The summed E-state index contributed by atoms with van der Waals surface area (Å²) in [5.74, 6) is 0.308. The molecule has 2 fully saturated rings. The predicted octanol–water partition coefficient (Wildman–Crippen LogP) is 2.64. The fourth-order valence-electron chi connectivity index (χ4n) is 4.05. The van der Waals surface area contributed by atoms with Gasteiger partial charge in [-0.3, -0.25) is 9.59 Å². The van der Waals surface area contributed by atoms with Gasteiger partial charge in [0, 0.05) is 37.5 Å². The van der Waals surface area contributed by atoms with Crippen LogP contribution >= 0.6 is 11.3 Å². The van der Waals surface area contributed by atoms with E-state index in [0.717, 1.165) is 22.6 Å².